The number of hydrogen-bond acceptors (Lipinski definition) is 5. The Balaban J connectivity index is 1.18. The van der Waals surface area contributed by atoms with Gasteiger partial charge in [0.15, 0.2) is 0 Å². The van der Waals surface area contributed by atoms with Crippen LogP contribution in [0, 0.1) is 0 Å². The fraction of sp³-hybridized carbons (Fsp3) is 0.458. The van der Waals surface area contributed by atoms with E-state index >= 15 is 0 Å². The molecule has 2 aromatic rings. The third-order valence-electron chi connectivity index (χ3n) is 6.17. The van der Waals surface area contributed by atoms with E-state index in [1.807, 2.05) is 41.3 Å². The van der Waals surface area contributed by atoms with Gasteiger partial charge in [-0.1, -0.05) is 60.7 Å². The average molecular weight is 457 g/mol. The molecule has 172 valence electrons. The Labute approximate surface area is 191 Å². The number of hydrogen-bond donors (Lipinski definition) is 1. The monoisotopic (exact) mass is 456 g/mol. The topological polar surface area (TPSA) is 73.0 Å². The Kier molecular flexibility index (Phi) is 7.57. The van der Waals surface area contributed by atoms with Crippen molar-refractivity contribution in [2.75, 3.05) is 45.8 Å². The molecule has 0 aliphatic carbocycles. The first-order valence-corrected chi connectivity index (χ1v) is 12.9. The Hall–Kier alpha value is -2.26. The van der Waals surface area contributed by atoms with Crippen LogP contribution in [0.2, 0.25) is 0 Å². The molecule has 0 spiro atoms. The highest BCUT2D eigenvalue weighted by Gasteiger charge is 2.29. The zero-order chi connectivity index (χ0) is 22.4. The van der Waals surface area contributed by atoms with Crippen LogP contribution in [0.5, 0.6) is 0 Å². The van der Waals surface area contributed by atoms with Gasteiger partial charge in [-0.05, 0) is 17.5 Å². The number of carbonyl (C=O) groups is 1. The largest absolute Gasteiger partial charge is 0.351 e. The van der Waals surface area contributed by atoms with Crippen LogP contribution < -0.4 is 5.32 Å². The van der Waals surface area contributed by atoms with Gasteiger partial charge in [0.1, 0.15) is 0 Å². The van der Waals surface area contributed by atoms with Crippen molar-refractivity contribution in [3.05, 3.63) is 71.8 Å². The van der Waals surface area contributed by atoms with Crippen LogP contribution >= 0.6 is 0 Å². The normalized spacial score (nSPS) is 20.9. The first-order valence-electron chi connectivity index (χ1n) is 11.3. The number of nitrogens with zero attached hydrogens (tertiary/aromatic N) is 3. The van der Waals surface area contributed by atoms with Gasteiger partial charge in [-0.2, -0.15) is 4.31 Å². The average Bonchev–Trinajstić information content (AvgIpc) is 3.21. The van der Waals surface area contributed by atoms with Crippen molar-refractivity contribution in [3.8, 4) is 0 Å². The highest BCUT2D eigenvalue weighted by Crippen LogP contribution is 2.15. The molecule has 2 saturated heterocycles. The lowest BCUT2D eigenvalue weighted by Gasteiger charge is -2.33. The van der Waals surface area contributed by atoms with Crippen LogP contribution in [0.3, 0.4) is 0 Å². The van der Waals surface area contributed by atoms with Crippen molar-refractivity contribution in [3.63, 3.8) is 0 Å². The molecule has 8 heteroatoms. The van der Waals surface area contributed by atoms with E-state index in [1.54, 1.807) is 4.31 Å². The standard InChI is InChI=1S/C24H32N4O3S/c29-24(25-23-11-12-27(18-23)17-21-7-3-1-4-8-21)19-26-13-15-28(16-14-26)32(30,31)20-22-9-5-2-6-10-22/h1-10,23H,11-20H2,(H,25,29)/t23-/m1/s1. The summed E-state index contributed by atoms with van der Waals surface area (Å²) in [6, 6.07) is 19.8. The minimum atomic E-state index is -3.34. The zero-order valence-corrected chi connectivity index (χ0v) is 19.2. The van der Waals surface area contributed by atoms with E-state index in [-0.39, 0.29) is 17.7 Å². The molecule has 2 fully saturated rings. The third kappa shape index (κ3) is 6.38. The summed E-state index contributed by atoms with van der Waals surface area (Å²) in [4.78, 5) is 17.0. The number of benzene rings is 2. The summed E-state index contributed by atoms with van der Waals surface area (Å²) < 4.78 is 26.9. The highest BCUT2D eigenvalue weighted by atomic mass is 32.2. The Morgan fingerprint density at radius 2 is 1.47 bits per heavy atom. The molecular weight excluding hydrogens is 424 g/mol. The fourth-order valence-corrected chi connectivity index (χ4v) is 5.97. The lowest BCUT2D eigenvalue weighted by molar-refractivity contribution is -0.123. The van der Waals surface area contributed by atoms with Gasteiger partial charge in [0.2, 0.25) is 15.9 Å². The van der Waals surface area contributed by atoms with Crippen molar-refractivity contribution in [1.82, 2.24) is 19.4 Å². The van der Waals surface area contributed by atoms with Crippen molar-refractivity contribution in [2.24, 2.45) is 0 Å². The molecule has 0 bridgehead atoms. The molecule has 1 amide bonds. The van der Waals surface area contributed by atoms with E-state index in [4.69, 9.17) is 0 Å². The molecular formula is C24H32N4O3S. The molecule has 2 aliphatic rings. The maximum absolute atomic E-state index is 12.7. The van der Waals surface area contributed by atoms with Gasteiger partial charge in [0.25, 0.3) is 0 Å². The van der Waals surface area contributed by atoms with Crippen molar-refractivity contribution in [1.29, 1.82) is 0 Å². The number of rotatable bonds is 8. The number of piperazine rings is 1. The lowest BCUT2D eigenvalue weighted by Crippen LogP contribution is -2.52. The van der Waals surface area contributed by atoms with Gasteiger partial charge >= 0.3 is 0 Å². The first-order chi connectivity index (χ1) is 15.5. The molecule has 1 N–H and O–H groups in total. The molecule has 0 aromatic heterocycles. The van der Waals surface area contributed by atoms with E-state index in [0.29, 0.717) is 32.7 Å². The zero-order valence-electron chi connectivity index (χ0n) is 18.4. The van der Waals surface area contributed by atoms with E-state index in [2.05, 4.69) is 34.5 Å². The van der Waals surface area contributed by atoms with Gasteiger partial charge in [-0.25, -0.2) is 8.42 Å². The molecule has 4 rings (SSSR count). The van der Waals surface area contributed by atoms with Crippen molar-refractivity contribution >= 4 is 15.9 Å². The van der Waals surface area contributed by atoms with Crippen molar-refractivity contribution < 1.29 is 13.2 Å². The summed E-state index contributed by atoms with van der Waals surface area (Å²) in [7, 11) is -3.34. The van der Waals surface area contributed by atoms with E-state index in [0.717, 1.165) is 31.6 Å². The number of sulfonamides is 1. The van der Waals surface area contributed by atoms with E-state index in [1.165, 1.54) is 5.56 Å². The van der Waals surface area contributed by atoms with Crippen LogP contribution in [0.4, 0.5) is 0 Å². The SMILES string of the molecule is O=C(CN1CCN(S(=O)(=O)Cc2ccccc2)CC1)N[C@@H]1CCN(Cc2ccccc2)C1. The molecule has 2 aliphatic heterocycles. The predicted octanol–water partition coefficient (Wildman–Crippen LogP) is 1.52. The summed E-state index contributed by atoms with van der Waals surface area (Å²) in [5, 5.41) is 3.16. The van der Waals surface area contributed by atoms with Gasteiger partial charge in [-0.15, -0.1) is 0 Å². The molecule has 0 unspecified atom stereocenters. The van der Waals surface area contributed by atoms with Gasteiger partial charge < -0.3 is 5.32 Å². The second-order valence-electron chi connectivity index (χ2n) is 8.69. The van der Waals surface area contributed by atoms with Crippen LogP contribution in [-0.4, -0.2) is 80.3 Å². The summed E-state index contributed by atoms with van der Waals surface area (Å²) in [5.41, 5.74) is 2.09. The Morgan fingerprint density at radius 3 is 2.12 bits per heavy atom. The smallest absolute Gasteiger partial charge is 0.234 e. The lowest BCUT2D eigenvalue weighted by atomic mass is 10.2. The number of carbonyl (C=O) groups excluding carboxylic acids is 1. The van der Waals surface area contributed by atoms with E-state index in [9.17, 15) is 13.2 Å². The molecule has 2 aromatic carbocycles. The minimum absolute atomic E-state index is 0.0233. The van der Waals surface area contributed by atoms with Crippen LogP contribution in [0.15, 0.2) is 60.7 Å². The first kappa shape index (κ1) is 22.9. The third-order valence-corrected chi connectivity index (χ3v) is 8.02. The maximum atomic E-state index is 12.7. The van der Waals surface area contributed by atoms with Gasteiger partial charge in [0.05, 0.1) is 12.3 Å². The van der Waals surface area contributed by atoms with E-state index < -0.39 is 10.0 Å². The molecule has 7 nitrogen and oxygen atoms in total. The second-order valence-corrected chi connectivity index (χ2v) is 10.7. The quantitative estimate of drug-likeness (QED) is 0.652. The van der Waals surface area contributed by atoms with Crippen LogP contribution in [0.25, 0.3) is 0 Å². The summed E-state index contributed by atoms with van der Waals surface area (Å²) in [6.07, 6.45) is 0.962. The minimum Gasteiger partial charge on any atom is -0.351 e. The van der Waals surface area contributed by atoms with Crippen LogP contribution in [0.1, 0.15) is 17.5 Å². The van der Waals surface area contributed by atoms with Crippen LogP contribution in [-0.2, 0) is 27.1 Å². The number of amides is 1. The Bertz CT molecular complexity index is 977. The number of likely N-dealkylation sites (tertiary alicyclic amines) is 1. The number of nitrogens with one attached hydrogen (secondary N) is 1. The molecule has 2 heterocycles. The van der Waals surface area contributed by atoms with Crippen molar-refractivity contribution in [2.45, 2.75) is 24.8 Å². The fourth-order valence-electron chi connectivity index (χ4n) is 4.45. The molecule has 0 radical (unpaired) electrons. The van der Waals surface area contributed by atoms with Gasteiger partial charge in [0, 0.05) is 51.9 Å². The molecule has 32 heavy (non-hydrogen) atoms. The second kappa shape index (κ2) is 10.6. The summed E-state index contributed by atoms with van der Waals surface area (Å²) >= 11 is 0. The molecule has 1 atom stereocenters. The highest BCUT2D eigenvalue weighted by molar-refractivity contribution is 7.88. The maximum Gasteiger partial charge on any atom is 0.234 e. The van der Waals surface area contributed by atoms with Gasteiger partial charge in [-0.3, -0.25) is 14.6 Å². The summed E-state index contributed by atoms with van der Waals surface area (Å²) in [6.45, 7) is 5.09. The predicted molar refractivity (Wildman–Crippen MR) is 125 cm³/mol. The summed E-state index contributed by atoms with van der Waals surface area (Å²) in [5.74, 6) is 0.0484. The Morgan fingerprint density at radius 1 is 0.844 bits per heavy atom. The molecule has 0 saturated carbocycles.